The second kappa shape index (κ2) is 4.56. The Balaban J connectivity index is 3.16. The summed E-state index contributed by atoms with van der Waals surface area (Å²) in [4.78, 5) is 20.7. The van der Waals surface area contributed by atoms with Gasteiger partial charge in [0, 0.05) is 24.0 Å². The Morgan fingerprint density at radius 3 is 1.93 bits per heavy atom. The Labute approximate surface area is 82.4 Å². The van der Waals surface area contributed by atoms with Crippen molar-refractivity contribution in [2.45, 2.75) is 19.8 Å². The number of carbonyl (C=O) groups is 2. The van der Waals surface area contributed by atoms with Crippen molar-refractivity contribution in [1.29, 1.82) is 0 Å². The molecule has 0 amide bonds. The number of carbonyl (C=O) groups excluding carboxylic acids is 2. The average Bonchev–Trinajstić information content (AvgIpc) is 2.14. The summed E-state index contributed by atoms with van der Waals surface area (Å²) in [5.74, 6) is 0.0646. The molecule has 1 aromatic carbocycles. The number of hydrogen-bond acceptors (Lipinski definition) is 3. The van der Waals surface area contributed by atoms with Gasteiger partial charge in [-0.1, -0.05) is 17.7 Å². The summed E-state index contributed by atoms with van der Waals surface area (Å²) >= 11 is 0. The van der Waals surface area contributed by atoms with E-state index in [9.17, 15) is 14.7 Å². The lowest BCUT2D eigenvalue weighted by Crippen LogP contribution is -1.95. The third kappa shape index (κ3) is 2.19. The maximum absolute atomic E-state index is 10.3. The number of phenols is 1. The van der Waals surface area contributed by atoms with Crippen LogP contribution in [0.25, 0.3) is 0 Å². The van der Waals surface area contributed by atoms with Crippen molar-refractivity contribution < 1.29 is 14.7 Å². The normalized spacial score (nSPS) is 9.79. The Morgan fingerprint density at radius 2 is 1.57 bits per heavy atom. The standard InChI is InChI=1S/C11H12O3/c1-8-6-9(2-4-12)11(14)10(7-8)3-5-13/h4-7,14H,2-3H2,1H3. The number of aryl methyl sites for hydroxylation is 1. The number of phenolic OH excluding ortho intramolecular Hbond substituents is 1. The highest BCUT2D eigenvalue weighted by atomic mass is 16.3. The van der Waals surface area contributed by atoms with Gasteiger partial charge in [-0.15, -0.1) is 0 Å². The van der Waals surface area contributed by atoms with Crippen molar-refractivity contribution >= 4 is 12.6 Å². The van der Waals surface area contributed by atoms with Crippen molar-refractivity contribution in [3.63, 3.8) is 0 Å². The molecule has 0 heterocycles. The van der Waals surface area contributed by atoms with Crippen molar-refractivity contribution in [1.82, 2.24) is 0 Å². The van der Waals surface area contributed by atoms with Crippen LogP contribution in [0.4, 0.5) is 0 Å². The lowest BCUT2D eigenvalue weighted by Gasteiger charge is -2.07. The molecule has 0 aliphatic rings. The van der Waals surface area contributed by atoms with Crippen molar-refractivity contribution in [3.8, 4) is 5.75 Å². The molecule has 3 heteroatoms. The second-order valence-corrected chi connectivity index (χ2v) is 3.17. The molecule has 0 bridgehead atoms. The number of rotatable bonds is 4. The number of aldehydes is 2. The highest BCUT2D eigenvalue weighted by molar-refractivity contribution is 5.63. The zero-order valence-corrected chi connectivity index (χ0v) is 7.99. The van der Waals surface area contributed by atoms with Crippen LogP contribution in [0, 0.1) is 6.92 Å². The fourth-order valence-corrected chi connectivity index (χ4v) is 1.43. The van der Waals surface area contributed by atoms with Gasteiger partial charge in [-0.3, -0.25) is 0 Å². The van der Waals surface area contributed by atoms with Gasteiger partial charge >= 0.3 is 0 Å². The first kappa shape index (κ1) is 10.4. The van der Waals surface area contributed by atoms with Crippen molar-refractivity contribution in [2.75, 3.05) is 0 Å². The van der Waals surface area contributed by atoms with Gasteiger partial charge in [0.1, 0.15) is 18.3 Å². The molecule has 0 aliphatic heterocycles. The number of benzene rings is 1. The highest BCUT2D eigenvalue weighted by Gasteiger charge is 2.07. The van der Waals surface area contributed by atoms with Gasteiger partial charge in [-0.05, 0) is 6.92 Å². The molecule has 0 aromatic heterocycles. The SMILES string of the molecule is Cc1cc(CC=O)c(O)c(CC=O)c1. The highest BCUT2D eigenvalue weighted by Crippen LogP contribution is 2.24. The van der Waals surface area contributed by atoms with E-state index in [1.807, 2.05) is 6.92 Å². The molecule has 3 nitrogen and oxygen atoms in total. The largest absolute Gasteiger partial charge is 0.507 e. The van der Waals surface area contributed by atoms with Gasteiger partial charge in [-0.2, -0.15) is 0 Å². The van der Waals surface area contributed by atoms with E-state index in [4.69, 9.17) is 0 Å². The molecule has 0 spiro atoms. The summed E-state index contributed by atoms with van der Waals surface area (Å²) in [6.07, 6.45) is 1.83. The van der Waals surface area contributed by atoms with Crippen LogP contribution in [-0.4, -0.2) is 17.7 Å². The Hall–Kier alpha value is -1.64. The molecule has 1 aromatic rings. The molecule has 0 radical (unpaired) electrons. The summed E-state index contributed by atoms with van der Waals surface area (Å²) in [5, 5.41) is 9.66. The lowest BCUT2D eigenvalue weighted by molar-refractivity contribution is -0.108. The molecule has 0 fully saturated rings. The summed E-state index contributed by atoms with van der Waals surface area (Å²) < 4.78 is 0. The minimum absolute atomic E-state index is 0.0646. The molecule has 0 saturated heterocycles. The van der Waals surface area contributed by atoms with Gasteiger partial charge in [0.15, 0.2) is 0 Å². The first-order valence-electron chi connectivity index (χ1n) is 4.37. The molecular formula is C11H12O3. The molecule has 74 valence electrons. The van der Waals surface area contributed by atoms with E-state index in [1.165, 1.54) is 0 Å². The molecule has 1 N–H and O–H groups in total. The molecule has 0 aliphatic carbocycles. The van der Waals surface area contributed by atoms with E-state index in [2.05, 4.69) is 0 Å². The van der Waals surface area contributed by atoms with Crippen LogP contribution in [-0.2, 0) is 22.4 Å². The molecule has 1 rings (SSSR count). The zero-order chi connectivity index (χ0) is 10.6. The number of aromatic hydroxyl groups is 1. The third-order valence-electron chi connectivity index (χ3n) is 2.02. The summed E-state index contributed by atoms with van der Waals surface area (Å²) in [7, 11) is 0. The minimum atomic E-state index is 0.0646. The van der Waals surface area contributed by atoms with Crippen LogP contribution >= 0.6 is 0 Å². The first-order chi connectivity index (χ1) is 6.69. The van der Waals surface area contributed by atoms with Crippen LogP contribution < -0.4 is 0 Å². The summed E-state index contributed by atoms with van der Waals surface area (Å²) in [6, 6.07) is 3.50. The van der Waals surface area contributed by atoms with Crippen LogP contribution in [0.5, 0.6) is 5.75 Å². The third-order valence-corrected chi connectivity index (χ3v) is 2.02. The molecule has 0 atom stereocenters. The second-order valence-electron chi connectivity index (χ2n) is 3.17. The Kier molecular flexibility index (Phi) is 3.40. The maximum Gasteiger partial charge on any atom is 0.124 e. The Morgan fingerprint density at radius 1 is 1.14 bits per heavy atom. The van der Waals surface area contributed by atoms with Gasteiger partial charge in [0.25, 0.3) is 0 Å². The van der Waals surface area contributed by atoms with Gasteiger partial charge in [0.05, 0.1) is 0 Å². The van der Waals surface area contributed by atoms with Gasteiger partial charge in [0.2, 0.25) is 0 Å². The predicted molar refractivity (Wildman–Crippen MR) is 52.4 cm³/mol. The predicted octanol–water partition coefficient (Wildman–Crippen LogP) is 1.18. The van der Waals surface area contributed by atoms with Gasteiger partial charge in [-0.25, -0.2) is 0 Å². The fraction of sp³-hybridized carbons (Fsp3) is 0.273. The Bertz CT molecular complexity index is 325. The molecule has 0 unspecified atom stereocenters. The summed E-state index contributed by atoms with van der Waals surface area (Å²) in [5.41, 5.74) is 2.10. The van der Waals surface area contributed by atoms with Crippen molar-refractivity contribution in [3.05, 3.63) is 28.8 Å². The van der Waals surface area contributed by atoms with E-state index < -0.39 is 0 Å². The first-order valence-corrected chi connectivity index (χ1v) is 4.37. The smallest absolute Gasteiger partial charge is 0.124 e. The zero-order valence-electron chi connectivity index (χ0n) is 7.99. The average molecular weight is 192 g/mol. The van der Waals surface area contributed by atoms with E-state index in [0.717, 1.165) is 18.1 Å². The van der Waals surface area contributed by atoms with Crippen molar-refractivity contribution in [2.24, 2.45) is 0 Å². The summed E-state index contributed by atoms with van der Waals surface area (Å²) in [6.45, 7) is 1.86. The number of hydrogen-bond donors (Lipinski definition) is 1. The van der Waals surface area contributed by atoms with Crippen LogP contribution in [0.2, 0.25) is 0 Å². The van der Waals surface area contributed by atoms with Crippen LogP contribution in [0.15, 0.2) is 12.1 Å². The van der Waals surface area contributed by atoms with E-state index >= 15 is 0 Å². The topological polar surface area (TPSA) is 54.4 Å². The molecular weight excluding hydrogens is 180 g/mol. The van der Waals surface area contributed by atoms with E-state index in [-0.39, 0.29) is 18.6 Å². The fourth-order valence-electron chi connectivity index (χ4n) is 1.43. The van der Waals surface area contributed by atoms with E-state index in [0.29, 0.717) is 11.1 Å². The van der Waals surface area contributed by atoms with Gasteiger partial charge < -0.3 is 14.7 Å². The quantitative estimate of drug-likeness (QED) is 0.729. The van der Waals surface area contributed by atoms with Crippen LogP contribution in [0.1, 0.15) is 16.7 Å². The lowest BCUT2D eigenvalue weighted by atomic mass is 10.0. The minimum Gasteiger partial charge on any atom is -0.507 e. The molecule has 14 heavy (non-hydrogen) atoms. The molecule has 0 saturated carbocycles. The maximum atomic E-state index is 10.3. The van der Waals surface area contributed by atoms with Crippen LogP contribution in [0.3, 0.4) is 0 Å². The van der Waals surface area contributed by atoms with E-state index in [1.54, 1.807) is 12.1 Å². The monoisotopic (exact) mass is 192 g/mol.